The number of ether oxygens (including phenoxy) is 6. The topological polar surface area (TPSA) is 198 Å². The van der Waals surface area contributed by atoms with Gasteiger partial charge in [-0.3, -0.25) is 28.3 Å². The molecule has 2 amide bonds. The number of amides is 2. The number of fused-ring (bicyclic) bond motifs is 2. The molecule has 0 fully saturated rings. The molecule has 722 valence electrons. The average Bonchev–Trinajstić information content (AvgIpc) is 0.689. The third kappa shape index (κ3) is 34.4. The number of carbonyl (C=O) groups is 2. The molecule has 9 aromatic rings. The summed E-state index contributed by atoms with van der Waals surface area (Å²) in [6.07, 6.45) is 72.7. The van der Waals surface area contributed by atoms with Gasteiger partial charge in [0, 0.05) is 69.6 Å². The van der Waals surface area contributed by atoms with Gasteiger partial charge in [0.1, 0.15) is 0 Å². The molecule has 0 unspecified atom stereocenters. The van der Waals surface area contributed by atoms with Crippen LogP contribution in [0, 0.1) is 0 Å². The van der Waals surface area contributed by atoms with Crippen molar-refractivity contribution >= 4 is 76.4 Å². The molecule has 16 heteroatoms. The van der Waals surface area contributed by atoms with E-state index in [-0.39, 0.29) is 49.8 Å². The van der Waals surface area contributed by atoms with Crippen molar-refractivity contribution in [2.24, 2.45) is 0 Å². The normalized spacial score (nSPS) is 11.8. The van der Waals surface area contributed by atoms with Gasteiger partial charge >= 0.3 is 0 Å². The number of benzene rings is 7. The molecule has 0 atom stereocenters. The van der Waals surface area contributed by atoms with Crippen LogP contribution in [0.15, 0.2) is 82.4 Å². The maximum atomic E-state index is 15.0. The van der Waals surface area contributed by atoms with Crippen LogP contribution in [0.5, 0.6) is 46.3 Å². The first-order chi connectivity index (χ1) is 64.0. The lowest BCUT2D eigenvalue weighted by atomic mass is 9.86. The predicted octanol–water partition coefficient (Wildman–Crippen LogP) is 31.9. The second kappa shape index (κ2) is 63.1. The van der Waals surface area contributed by atoms with Crippen molar-refractivity contribution in [3.05, 3.63) is 105 Å². The molecule has 16 nitrogen and oxygen atoms in total. The van der Waals surface area contributed by atoms with Crippen LogP contribution in [0.2, 0.25) is 0 Å². The zero-order chi connectivity index (χ0) is 91.8. The molecule has 130 heavy (non-hydrogen) atoms. The van der Waals surface area contributed by atoms with Gasteiger partial charge in [0.05, 0.1) is 39.6 Å². The fourth-order valence-corrected chi connectivity index (χ4v) is 19.3. The second-order valence-electron chi connectivity index (χ2n) is 38.0. The highest BCUT2D eigenvalue weighted by Gasteiger charge is 2.27. The minimum atomic E-state index is -0.394. The number of hydrogen-bond donors (Lipinski definition) is 4. The molecule has 4 N–H and O–H groups in total. The number of aromatic nitrogens is 2. The van der Waals surface area contributed by atoms with Crippen molar-refractivity contribution in [2.45, 2.75) is 440 Å². The molecule has 7 aromatic carbocycles. The van der Waals surface area contributed by atoms with E-state index in [4.69, 9.17) is 28.4 Å². The summed E-state index contributed by atoms with van der Waals surface area (Å²) in [5.41, 5.74) is -0.0603. The Morgan fingerprint density at radius 3 is 0.638 bits per heavy atom. The van der Waals surface area contributed by atoms with Gasteiger partial charge in [0.2, 0.25) is 23.3 Å². The zero-order valence-corrected chi connectivity index (χ0v) is 82.3. The summed E-state index contributed by atoms with van der Waals surface area (Å²) >= 11 is 0. The van der Waals surface area contributed by atoms with Crippen LogP contribution in [0.25, 0.3) is 64.6 Å². The van der Waals surface area contributed by atoms with Crippen molar-refractivity contribution in [2.75, 3.05) is 52.7 Å². The number of unbranched alkanes of at least 4 members (excludes halogenated alkanes) is 54. The fourth-order valence-electron chi connectivity index (χ4n) is 19.3. The molecule has 0 aliphatic heterocycles. The van der Waals surface area contributed by atoms with E-state index in [0.29, 0.717) is 118 Å². The third-order valence-corrected chi connectivity index (χ3v) is 27.2. The highest BCUT2D eigenvalue weighted by molar-refractivity contribution is 6.39. The Morgan fingerprint density at radius 2 is 0.423 bits per heavy atom. The molecule has 0 radical (unpaired) electrons. The zero-order valence-electron chi connectivity index (χ0n) is 82.3. The summed E-state index contributed by atoms with van der Waals surface area (Å²) in [7, 11) is 0. The number of nitrogens with zero attached hydrogens (tertiary/aromatic N) is 2. The predicted molar refractivity (Wildman–Crippen MR) is 547 cm³/mol. The first-order valence-electron chi connectivity index (χ1n) is 53.6. The summed E-state index contributed by atoms with van der Waals surface area (Å²) in [5.74, 6) is 1.95. The van der Waals surface area contributed by atoms with Gasteiger partial charge in [-0.15, -0.1) is 0 Å². The summed E-state index contributed by atoms with van der Waals surface area (Å²) in [5, 5.41) is 38.9. The second-order valence-corrected chi connectivity index (χ2v) is 38.0. The van der Waals surface area contributed by atoms with Crippen molar-refractivity contribution in [3.8, 4) is 46.3 Å². The molecular formula is C114H174N4O12. The van der Waals surface area contributed by atoms with Gasteiger partial charge in [-0.1, -0.05) is 413 Å². The van der Waals surface area contributed by atoms with Crippen LogP contribution in [-0.2, 0) is 13.1 Å². The Balaban J connectivity index is 0.912. The largest absolute Gasteiger partial charge is 0.494 e. The molecule has 0 saturated heterocycles. The van der Waals surface area contributed by atoms with E-state index < -0.39 is 11.1 Å². The van der Waals surface area contributed by atoms with Gasteiger partial charge < -0.3 is 49.3 Å². The highest BCUT2D eigenvalue weighted by Crippen LogP contribution is 2.48. The third-order valence-electron chi connectivity index (χ3n) is 27.2. The molecule has 0 spiro atoms. The summed E-state index contributed by atoms with van der Waals surface area (Å²) in [6.45, 7) is 16.6. The number of aromatic hydroxyl groups is 2. The Bertz CT molecular complexity index is 4350. The van der Waals surface area contributed by atoms with Crippen LogP contribution in [0.3, 0.4) is 0 Å². The number of pyridine rings is 2. The highest BCUT2D eigenvalue weighted by atomic mass is 16.5. The van der Waals surface area contributed by atoms with Crippen LogP contribution >= 0.6 is 0 Å². The first-order valence-corrected chi connectivity index (χ1v) is 53.6. The molecule has 0 aliphatic rings. The molecule has 0 saturated carbocycles. The Hall–Kier alpha value is -8.14. The standard InChI is InChI=1S/C114H174N4O12/c1-7-13-19-25-31-37-43-49-55-61-79-125-99-85-89(86-100(126-80-62-56-50-44-38-32-26-20-14-8-2)107(99)129-83-65-59-53-47-41-35-29-23-17-11-5)109(119)115-75-77-117-111(121)95-71-67-91-93-69-73-97-106-98(74-70-94(104(93)106)92-68-72-96(112(117)122)105(95)103(91)92)114(124)118(113(97)123)78-76-116-110(120)90-87-101(127-81-63-57-51-45-39-33-27-21-15-9-3)108(130-84-66-60-54-48-42-36-30-24-18-12-6)102(88-90)128-82-64-58-52-46-40-34-28-22-16-10-4/h67-74,85-88,121,124H,7-66,75-84H2,1-6H3,(H,115,119)(H,116,120). The summed E-state index contributed by atoms with van der Waals surface area (Å²) in [6, 6.07) is 22.3. The monoisotopic (exact) mass is 1790 g/mol. The van der Waals surface area contributed by atoms with Crippen molar-refractivity contribution in [1.82, 2.24) is 19.8 Å². The van der Waals surface area contributed by atoms with E-state index in [9.17, 15) is 29.4 Å². The van der Waals surface area contributed by atoms with Crippen molar-refractivity contribution in [3.63, 3.8) is 0 Å². The molecule has 0 bridgehead atoms. The number of carbonyl (C=O) groups excluding carboxylic acids is 2. The Labute approximate surface area is 783 Å². The van der Waals surface area contributed by atoms with E-state index in [1.807, 2.05) is 48.5 Å². The van der Waals surface area contributed by atoms with Gasteiger partial charge in [-0.25, -0.2) is 0 Å². The quantitative estimate of drug-likeness (QED) is 0.0160. The molecule has 2 heterocycles. The average molecular weight is 1790 g/mol. The first kappa shape index (κ1) is 106. The lowest BCUT2D eigenvalue weighted by Gasteiger charge is -2.21. The molecule has 9 rings (SSSR count). The van der Waals surface area contributed by atoms with E-state index in [1.165, 1.54) is 292 Å². The van der Waals surface area contributed by atoms with Crippen LogP contribution < -0.4 is 50.2 Å². The fraction of sp³-hybridized carbons (Fsp3) is 0.667. The lowest BCUT2D eigenvalue weighted by molar-refractivity contribution is 0.0942. The van der Waals surface area contributed by atoms with Gasteiger partial charge in [0.25, 0.3) is 22.9 Å². The maximum Gasteiger partial charge on any atom is 0.261 e. The molecule has 2 aromatic heterocycles. The van der Waals surface area contributed by atoms with Gasteiger partial charge in [0.15, 0.2) is 23.0 Å². The van der Waals surface area contributed by atoms with Crippen LogP contribution in [-0.4, -0.2) is 83.9 Å². The van der Waals surface area contributed by atoms with E-state index in [1.54, 1.807) is 24.3 Å². The molecule has 0 aliphatic carbocycles. The minimum Gasteiger partial charge on any atom is -0.494 e. The van der Waals surface area contributed by atoms with E-state index in [2.05, 4.69) is 52.2 Å². The van der Waals surface area contributed by atoms with Crippen LogP contribution in [0.4, 0.5) is 0 Å². The molecular weight excluding hydrogens is 1620 g/mol. The number of nitrogens with one attached hydrogen (secondary N) is 2. The lowest BCUT2D eigenvalue weighted by Crippen LogP contribution is -2.31. The van der Waals surface area contributed by atoms with Crippen molar-refractivity contribution < 1.29 is 48.2 Å². The van der Waals surface area contributed by atoms with E-state index >= 15 is 0 Å². The maximum absolute atomic E-state index is 15.0. The van der Waals surface area contributed by atoms with Crippen LogP contribution in [0.1, 0.15) is 448 Å². The summed E-state index contributed by atoms with van der Waals surface area (Å²) in [4.78, 5) is 59.3. The van der Waals surface area contributed by atoms with Crippen molar-refractivity contribution in [1.29, 1.82) is 0 Å². The SMILES string of the molecule is CCCCCCCCCCCCOc1cc(C(=O)NCCn2c(O)c3ccc4c5ccc6c(=O)n(CCNC(=O)c7cc(OCCCCCCCCCCCC)c(OCCCCCCCCCCCC)c(OCCCCCCCCCCCC)c7)c(O)c7ccc(c8ccc(c2=O)c3c48)c5c76)cc(OCCCCCCCCCCCC)c1OCCCCCCCCCCCC. The Morgan fingerprint density at radius 1 is 0.246 bits per heavy atom. The minimum absolute atomic E-state index is 0.00894. The van der Waals surface area contributed by atoms with E-state index in [0.717, 1.165) is 135 Å². The van der Waals surface area contributed by atoms with Gasteiger partial charge in [-0.2, -0.15) is 0 Å². The summed E-state index contributed by atoms with van der Waals surface area (Å²) < 4.78 is 42.7. The number of rotatable bonds is 80. The Kier molecular flexibility index (Phi) is 51.2. The smallest absolute Gasteiger partial charge is 0.261 e. The number of hydrogen-bond acceptors (Lipinski definition) is 12. The van der Waals surface area contributed by atoms with Gasteiger partial charge in [-0.05, 0) is 119 Å².